The van der Waals surface area contributed by atoms with Gasteiger partial charge in [-0.3, -0.25) is 0 Å². The summed E-state index contributed by atoms with van der Waals surface area (Å²) in [5, 5.41) is -0.594. The lowest BCUT2D eigenvalue weighted by molar-refractivity contribution is 0.563. The van der Waals surface area contributed by atoms with Crippen molar-refractivity contribution in [1.29, 1.82) is 0 Å². The van der Waals surface area contributed by atoms with E-state index < -0.39 is 15.3 Å². The van der Waals surface area contributed by atoms with E-state index in [9.17, 15) is 8.42 Å². The maximum Gasteiger partial charge on any atom is 0.221 e. The van der Waals surface area contributed by atoms with E-state index in [1.807, 2.05) is 10.8 Å². The zero-order chi connectivity index (χ0) is 11.8. The van der Waals surface area contributed by atoms with Gasteiger partial charge in [0.25, 0.3) is 0 Å². The van der Waals surface area contributed by atoms with Gasteiger partial charge < -0.3 is 4.57 Å². The first kappa shape index (κ1) is 11.6. The van der Waals surface area contributed by atoms with Crippen molar-refractivity contribution in [2.24, 2.45) is 0 Å². The average Bonchev–Trinajstić information content (AvgIpc) is 2.95. The van der Waals surface area contributed by atoms with E-state index >= 15 is 0 Å². The fraction of sp³-hybridized carbons (Fsp3) is 0.700. The fourth-order valence-corrected chi connectivity index (χ4v) is 2.88. The van der Waals surface area contributed by atoms with Gasteiger partial charge in [-0.2, -0.15) is 0 Å². The molecule has 0 bridgehead atoms. The summed E-state index contributed by atoms with van der Waals surface area (Å²) in [5.41, 5.74) is 0. The van der Waals surface area contributed by atoms with Crippen LogP contribution in [0.15, 0.2) is 12.4 Å². The molecule has 1 atom stereocenters. The summed E-state index contributed by atoms with van der Waals surface area (Å²) in [6.07, 6.45) is 5.78. The Kier molecular flexibility index (Phi) is 3.03. The summed E-state index contributed by atoms with van der Waals surface area (Å²) < 4.78 is 28.2. The highest BCUT2D eigenvalue weighted by molar-refractivity contribution is 7.89. The van der Waals surface area contributed by atoms with E-state index in [0.717, 1.165) is 12.8 Å². The maximum atomic E-state index is 11.9. The maximum absolute atomic E-state index is 11.9. The molecule has 0 aliphatic heterocycles. The molecule has 0 spiro atoms. The van der Waals surface area contributed by atoms with E-state index in [1.54, 1.807) is 20.0 Å². The summed E-state index contributed by atoms with van der Waals surface area (Å²) in [6, 6.07) is 0.455. The molecule has 0 saturated heterocycles. The van der Waals surface area contributed by atoms with Gasteiger partial charge in [0.1, 0.15) is 11.1 Å². The molecule has 1 aliphatic carbocycles. The lowest BCUT2D eigenvalue weighted by Gasteiger charge is -2.14. The minimum Gasteiger partial charge on any atom is -0.331 e. The van der Waals surface area contributed by atoms with Crippen molar-refractivity contribution in [3.8, 4) is 0 Å². The highest BCUT2D eigenvalue weighted by Crippen LogP contribution is 2.37. The van der Waals surface area contributed by atoms with E-state index in [-0.39, 0.29) is 0 Å². The van der Waals surface area contributed by atoms with Gasteiger partial charge in [-0.25, -0.2) is 18.1 Å². The van der Waals surface area contributed by atoms with Crippen LogP contribution in [-0.2, 0) is 10.0 Å². The Morgan fingerprint density at radius 2 is 2.31 bits per heavy atom. The summed E-state index contributed by atoms with van der Waals surface area (Å²) in [6.45, 7) is 3.87. The molecule has 1 aromatic heterocycles. The van der Waals surface area contributed by atoms with E-state index in [1.165, 1.54) is 0 Å². The van der Waals surface area contributed by atoms with Gasteiger partial charge in [0.2, 0.25) is 10.0 Å². The third-order valence-corrected chi connectivity index (χ3v) is 4.65. The summed E-state index contributed by atoms with van der Waals surface area (Å²) in [4.78, 5) is 4.17. The Labute approximate surface area is 95.9 Å². The van der Waals surface area contributed by atoms with Gasteiger partial charge in [-0.1, -0.05) is 6.92 Å². The highest BCUT2D eigenvalue weighted by Gasteiger charge is 2.31. The van der Waals surface area contributed by atoms with Gasteiger partial charge >= 0.3 is 0 Å². The Hall–Kier alpha value is -0.880. The smallest absolute Gasteiger partial charge is 0.221 e. The van der Waals surface area contributed by atoms with Gasteiger partial charge in [0.05, 0.1) is 0 Å². The molecule has 1 saturated carbocycles. The molecule has 16 heavy (non-hydrogen) atoms. The van der Waals surface area contributed by atoms with Crippen molar-refractivity contribution in [3.63, 3.8) is 0 Å². The first-order valence-corrected chi connectivity index (χ1v) is 7.12. The molecule has 1 heterocycles. The predicted octanol–water partition coefficient (Wildman–Crippen LogP) is 1.22. The number of hydrogen-bond acceptors (Lipinski definition) is 3. The van der Waals surface area contributed by atoms with Gasteiger partial charge in [0.15, 0.2) is 0 Å². The molecule has 1 N–H and O–H groups in total. The Balaban J connectivity index is 2.26. The van der Waals surface area contributed by atoms with Crippen LogP contribution in [0.4, 0.5) is 0 Å². The minimum atomic E-state index is -3.29. The molecule has 1 unspecified atom stereocenters. The molecule has 0 amide bonds. The van der Waals surface area contributed by atoms with Crippen molar-refractivity contribution in [2.75, 3.05) is 6.54 Å². The standard InChI is InChI=1S/C10H17N3O2S/c1-3-12-16(14,15)8(2)10-11-6-7-13(10)9-4-5-9/h6-9,12H,3-5H2,1-2H3. The number of imidazole rings is 1. The molecule has 1 aromatic rings. The molecule has 5 nitrogen and oxygen atoms in total. The monoisotopic (exact) mass is 243 g/mol. The molecule has 0 radical (unpaired) electrons. The summed E-state index contributed by atoms with van der Waals surface area (Å²) in [7, 11) is -3.29. The molecule has 1 fully saturated rings. The van der Waals surface area contributed by atoms with Crippen LogP contribution in [0.25, 0.3) is 0 Å². The molecule has 0 aromatic carbocycles. The van der Waals surface area contributed by atoms with E-state index in [2.05, 4.69) is 9.71 Å². The summed E-state index contributed by atoms with van der Waals surface area (Å²) >= 11 is 0. The minimum absolute atomic E-state index is 0.414. The largest absolute Gasteiger partial charge is 0.331 e. The van der Waals surface area contributed by atoms with E-state index in [4.69, 9.17) is 0 Å². The van der Waals surface area contributed by atoms with Crippen LogP contribution in [0.1, 0.15) is 43.8 Å². The number of rotatable bonds is 5. The fourth-order valence-electron chi connectivity index (χ4n) is 1.77. The van der Waals surface area contributed by atoms with Crippen molar-refractivity contribution in [3.05, 3.63) is 18.2 Å². The van der Waals surface area contributed by atoms with Crippen LogP contribution in [-0.4, -0.2) is 24.5 Å². The van der Waals surface area contributed by atoms with Gasteiger partial charge in [0, 0.05) is 25.0 Å². The van der Waals surface area contributed by atoms with Crippen LogP contribution in [0, 0.1) is 0 Å². The zero-order valence-corrected chi connectivity index (χ0v) is 10.4. The second-order valence-corrected chi connectivity index (χ2v) is 6.19. The highest BCUT2D eigenvalue weighted by atomic mass is 32.2. The molecule has 6 heteroatoms. The Morgan fingerprint density at radius 3 is 2.88 bits per heavy atom. The van der Waals surface area contributed by atoms with Crippen LogP contribution in [0.2, 0.25) is 0 Å². The van der Waals surface area contributed by atoms with Crippen LogP contribution in [0.3, 0.4) is 0 Å². The number of aromatic nitrogens is 2. The van der Waals surface area contributed by atoms with Crippen molar-refractivity contribution >= 4 is 10.0 Å². The molecule has 2 rings (SSSR count). The van der Waals surface area contributed by atoms with Gasteiger partial charge in [-0.15, -0.1) is 0 Å². The first-order valence-electron chi connectivity index (χ1n) is 5.57. The quantitative estimate of drug-likeness (QED) is 0.845. The lowest BCUT2D eigenvalue weighted by Crippen LogP contribution is -2.29. The number of sulfonamides is 1. The summed E-state index contributed by atoms with van der Waals surface area (Å²) in [5.74, 6) is 0.642. The number of hydrogen-bond donors (Lipinski definition) is 1. The lowest BCUT2D eigenvalue weighted by atomic mass is 10.4. The number of nitrogens with zero attached hydrogens (tertiary/aromatic N) is 2. The second-order valence-electron chi connectivity index (χ2n) is 4.11. The topological polar surface area (TPSA) is 64.0 Å². The third kappa shape index (κ3) is 2.12. The molecular weight excluding hydrogens is 226 g/mol. The Bertz CT molecular complexity index is 462. The average molecular weight is 243 g/mol. The second kappa shape index (κ2) is 4.18. The molecule has 90 valence electrons. The number of nitrogens with one attached hydrogen (secondary N) is 1. The molecular formula is C10H17N3O2S. The first-order chi connectivity index (χ1) is 7.56. The van der Waals surface area contributed by atoms with Gasteiger partial charge in [-0.05, 0) is 19.8 Å². The van der Waals surface area contributed by atoms with Crippen molar-refractivity contribution in [2.45, 2.75) is 38.0 Å². The van der Waals surface area contributed by atoms with Crippen molar-refractivity contribution < 1.29 is 8.42 Å². The van der Waals surface area contributed by atoms with E-state index in [0.29, 0.717) is 18.4 Å². The zero-order valence-electron chi connectivity index (χ0n) is 9.55. The normalized spacial score (nSPS) is 18.6. The SMILES string of the molecule is CCNS(=O)(=O)C(C)c1nccn1C1CC1. The molecule has 1 aliphatic rings. The van der Waals surface area contributed by atoms with Crippen molar-refractivity contribution in [1.82, 2.24) is 14.3 Å². The van der Waals surface area contributed by atoms with Crippen LogP contribution < -0.4 is 4.72 Å². The predicted molar refractivity (Wildman–Crippen MR) is 61.5 cm³/mol. The Morgan fingerprint density at radius 1 is 1.62 bits per heavy atom. The third-order valence-electron chi connectivity index (χ3n) is 2.81. The van der Waals surface area contributed by atoms with Crippen LogP contribution >= 0.6 is 0 Å². The van der Waals surface area contributed by atoms with Crippen LogP contribution in [0.5, 0.6) is 0 Å².